The summed E-state index contributed by atoms with van der Waals surface area (Å²) in [5, 5.41) is 4.80. The van der Waals surface area contributed by atoms with E-state index in [2.05, 4.69) is 82.9 Å². The molecule has 2 aromatic carbocycles. The summed E-state index contributed by atoms with van der Waals surface area (Å²) in [7, 11) is 0. The van der Waals surface area contributed by atoms with Gasteiger partial charge in [-0.15, -0.1) is 0 Å². The summed E-state index contributed by atoms with van der Waals surface area (Å²) in [6.45, 7) is 9.62. The van der Waals surface area contributed by atoms with Gasteiger partial charge in [0.05, 0.1) is 22.8 Å². The van der Waals surface area contributed by atoms with Crippen molar-refractivity contribution in [3.63, 3.8) is 0 Å². The van der Waals surface area contributed by atoms with Gasteiger partial charge in [-0.2, -0.15) is 5.10 Å². The van der Waals surface area contributed by atoms with E-state index in [1.54, 1.807) is 0 Å². The van der Waals surface area contributed by atoms with Crippen molar-refractivity contribution in [1.82, 2.24) is 14.7 Å². The maximum atomic E-state index is 4.80. The highest BCUT2D eigenvalue weighted by Gasteiger charge is 2.23. The van der Waals surface area contributed by atoms with E-state index in [1.165, 1.54) is 16.9 Å². The van der Waals surface area contributed by atoms with E-state index in [1.807, 2.05) is 6.07 Å². The van der Waals surface area contributed by atoms with Crippen molar-refractivity contribution in [2.75, 3.05) is 31.1 Å². The topological polar surface area (TPSA) is 24.3 Å². The van der Waals surface area contributed by atoms with Gasteiger partial charge in [0.2, 0.25) is 0 Å². The van der Waals surface area contributed by atoms with E-state index in [0.29, 0.717) is 0 Å². The fourth-order valence-corrected chi connectivity index (χ4v) is 3.88. The Morgan fingerprint density at radius 3 is 2.08 bits per heavy atom. The van der Waals surface area contributed by atoms with Crippen LogP contribution in [0.3, 0.4) is 0 Å². The number of para-hydroxylation sites is 1. The van der Waals surface area contributed by atoms with Crippen LogP contribution in [0.25, 0.3) is 5.69 Å². The lowest BCUT2D eigenvalue weighted by Crippen LogP contribution is -2.46. The monoisotopic (exact) mass is 346 g/mol. The predicted molar refractivity (Wildman–Crippen MR) is 107 cm³/mol. The molecule has 0 unspecified atom stereocenters. The van der Waals surface area contributed by atoms with Gasteiger partial charge >= 0.3 is 0 Å². The summed E-state index contributed by atoms with van der Waals surface area (Å²) in [5.41, 5.74) is 6.16. The summed E-state index contributed by atoms with van der Waals surface area (Å²) in [6, 6.07) is 21.1. The van der Waals surface area contributed by atoms with Crippen LogP contribution in [0.1, 0.15) is 17.0 Å². The molecule has 1 fully saturated rings. The Bertz CT molecular complexity index is 847. The first-order valence-corrected chi connectivity index (χ1v) is 9.35. The molecule has 26 heavy (non-hydrogen) atoms. The van der Waals surface area contributed by atoms with Crippen molar-refractivity contribution < 1.29 is 0 Å². The summed E-state index contributed by atoms with van der Waals surface area (Å²) in [5.74, 6) is 0. The van der Waals surface area contributed by atoms with Crippen LogP contribution in [0.2, 0.25) is 0 Å². The molecule has 0 bridgehead atoms. The molecule has 4 nitrogen and oxygen atoms in total. The zero-order valence-electron chi connectivity index (χ0n) is 15.6. The normalized spacial score (nSPS) is 15.4. The van der Waals surface area contributed by atoms with Gasteiger partial charge in [-0.05, 0) is 31.5 Å². The number of anilines is 1. The molecule has 0 aliphatic carbocycles. The molecule has 0 amide bonds. The van der Waals surface area contributed by atoms with E-state index in [4.69, 9.17) is 5.10 Å². The van der Waals surface area contributed by atoms with Crippen molar-refractivity contribution in [3.05, 3.63) is 77.6 Å². The molecule has 1 aromatic heterocycles. The lowest BCUT2D eigenvalue weighted by molar-refractivity contribution is 0.249. The van der Waals surface area contributed by atoms with Gasteiger partial charge in [-0.25, -0.2) is 4.68 Å². The van der Waals surface area contributed by atoms with Gasteiger partial charge in [0, 0.05) is 32.7 Å². The maximum absolute atomic E-state index is 4.80. The molecule has 0 radical (unpaired) electrons. The Morgan fingerprint density at radius 1 is 0.808 bits per heavy atom. The van der Waals surface area contributed by atoms with Gasteiger partial charge in [0.15, 0.2) is 0 Å². The third-order valence-corrected chi connectivity index (χ3v) is 5.19. The van der Waals surface area contributed by atoms with Crippen molar-refractivity contribution in [3.8, 4) is 5.69 Å². The number of piperazine rings is 1. The van der Waals surface area contributed by atoms with Crippen molar-refractivity contribution in [1.29, 1.82) is 0 Å². The molecule has 1 aliphatic heterocycles. The highest BCUT2D eigenvalue weighted by Crippen LogP contribution is 2.27. The zero-order chi connectivity index (χ0) is 17.9. The minimum Gasteiger partial charge on any atom is -0.366 e. The third kappa shape index (κ3) is 3.37. The van der Waals surface area contributed by atoms with Gasteiger partial charge < -0.3 is 4.90 Å². The summed E-state index contributed by atoms with van der Waals surface area (Å²) in [6.07, 6.45) is 0. The molecule has 3 aromatic rings. The second-order valence-electron chi connectivity index (χ2n) is 7.02. The van der Waals surface area contributed by atoms with Crippen molar-refractivity contribution in [2.24, 2.45) is 0 Å². The smallest absolute Gasteiger partial charge is 0.0834 e. The molecule has 134 valence electrons. The standard InChI is InChI=1S/C22H26N4/c1-18-22(19(2)26(23-18)21-11-7-4-8-12-21)25-15-13-24(14-16-25)17-20-9-5-3-6-10-20/h3-12H,13-17H2,1-2H3. The molecular weight excluding hydrogens is 320 g/mol. The fraction of sp³-hybridized carbons (Fsp3) is 0.318. The first-order chi connectivity index (χ1) is 12.7. The zero-order valence-corrected chi connectivity index (χ0v) is 15.6. The third-order valence-electron chi connectivity index (χ3n) is 5.19. The van der Waals surface area contributed by atoms with Gasteiger partial charge in [-0.3, -0.25) is 4.90 Å². The highest BCUT2D eigenvalue weighted by molar-refractivity contribution is 5.57. The minimum absolute atomic E-state index is 1.04. The Labute approximate surface area is 155 Å². The van der Waals surface area contributed by atoms with Crippen LogP contribution >= 0.6 is 0 Å². The number of nitrogens with zero attached hydrogens (tertiary/aromatic N) is 4. The summed E-state index contributed by atoms with van der Waals surface area (Å²) < 4.78 is 2.07. The Kier molecular flexibility index (Phi) is 4.76. The van der Waals surface area contributed by atoms with Gasteiger partial charge in [-0.1, -0.05) is 48.5 Å². The SMILES string of the molecule is Cc1nn(-c2ccccc2)c(C)c1N1CCN(Cc2ccccc2)CC1. The van der Waals surface area contributed by atoms with Crippen LogP contribution in [-0.4, -0.2) is 40.9 Å². The number of benzene rings is 2. The molecule has 4 heteroatoms. The van der Waals surface area contributed by atoms with Crippen LogP contribution in [0.4, 0.5) is 5.69 Å². The highest BCUT2D eigenvalue weighted by atomic mass is 15.3. The average Bonchev–Trinajstić information content (AvgIpc) is 2.98. The Balaban J connectivity index is 1.47. The lowest BCUT2D eigenvalue weighted by atomic mass is 10.2. The maximum Gasteiger partial charge on any atom is 0.0834 e. The molecule has 0 N–H and O–H groups in total. The van der Waals surface area contributed by atoms with Crippen molar-refractivity contribution >= 4 is 5.69 Å². The quantitative estimate of drug-likeness (QED) is 0.718. The number of rotatable bonds is 4. The van der Waals surface area contributed by atoms with Gasteiger partial charge in [0.1, 0.15) is 0 Å². The first kappa shape index (κ1) is 16.9. The van der Waals surface area contributed by atoms with Crippen LogP contribution in [0, 0.1) is 13.8 Å². The van der Waals surface area contributed by atoms with Crippen LogP contribution in [0.5, 0.6) is 0 Å². The minimum atomic E-state index is 1.04. The van der Waals surface area contributed by atoms with E-state index in [0.717, 1.165) is 44.1 Å². The molecule has 0 spiro atoms. The van der Waals surface area contributed by atoms with Crippen LogP contribution in [0.15, 0.2) is 60.7 Å². The second-order valence-corrected chi connectivity index (χ2v) is 7.02. The molecule has 4 rings (SSSR count). The molecular formula is C22H26N4. The number of aromatic nitrogens is 2. The summed E-state index contributed by atoms with van der Waals surface area (Å²) >= 11 is 0. The largest absolute Gasteiger partial charge is 0.366 e. The van der Waals surface area contributed by atoms with Crippen LogP contribution < -0.4 is 4.90 Å². The predicted octanol–water partition coefficient (Wildman–Crippen LogP) is 3.81. The van der Waals surface area contributed by atoms with Crippen LogP contribution in [-0.2, 0) is 6.54 Å². The average molecular weight is 346 g/mol. The van der Waals surface area contributed by atoms with E-state index in [-0.39, 0.29) is 0 Å². The Hall–Kier alpha value is -2.59. The fourth-order valence-electron chi connectivity index (χ4n) is 3.88. The molecule has 1 aliphatic rings. The van der Waals surface area contributed by atoms with E-state index in [9.17, 15) is 0 Å². The molecule has 1 saturated heterocycles. The Morgan fingerprint density at radius 2 is 1.42 bits per heavy atom. The molecule has 0 atom stereocenters. The van der Waals surface area contributed by atoms with E-state index >= 15 is 0 Å². The molecule has 0 saturated carbocycles. The van der Waals surface area contributed by atoms with E-state index < -0.39 is 0 Å². The number of aryl methyl sites for hydroxylation is 1. The number of hydrogen-bond donors (Lipinski definition) is 0. The molecule has 2 heterocycles. The number of hydrogen-bond acceptors (Lipinski definition) is 3. The van der Waals surface area contributed by atoms with Gasteiger partial charge in [0.25, 0.3) is 0 Å². The van der Waals surface area contributed by atoms with Crippen molar-refractivity contribution in [2.45, 2.75) is 20.4 Å². The lowest BCUT2D eigenvalue weighted by Gasteiger charge is -2.36. The second kappa shape index (κ2) is 7.34. The first-order valence-electron chi connectivity index (χ1n) is 9.35. The summed E-state index contributed by atoms with van der Waals surface area (Å²) in [4.78, 5) is 5.04.